The van der Waals surface area contributed by atoms with E-state index >= 15 is 0 Å². The van der Waals surface area contributed by atoms with E-state index in [4.69, 9.17) is 0 Å². The molecule has 3 N–H and O–H groups in total. The summed E-state index contributed by atoms with van der Waals surface area (Å²) in [7, 11) is -3.40. The highest BCUT2D eigenvalue weighted by Crippen LogP contribution is 2.34. The van der Waals surface area contributed by atoms with E-state index in [9.17, 15) is 19.0 Å². The summed E-state index contributed by atoms with van der Waals surface area (Å²) in [6.07, 6.45) is 4.37. The van der Waals surface area contributed by atoms with Gasteiger partial charge in [-0.25, -0.2) is 9.67 Å². The average Bonchev–Trinajstić information content (AvgIpc) is 3.32. The zero-order valence-electron chi connectivity index (χ0n) is 17.5. The Hall–Kier alpha value is -3.46. The molecular formula is C22H22N5O4PS. The minimum atomic E-state index is -3.40. The number of aromatic nitrogens is 4. The SMILES string of the molecule is CP(=O)(O)c1ccc([C@@H](NC(=O)c2cnc(-n3cccn3)[nH]c2=O)c2ccccc2)cc1.S. The Morgan fingerprint density at radius 2 is 1.76 bits per heavy atom. The number of hydrogen-bond donors (Lipinski definition) is 3. The van der Waals surface area contributed by atoms with Crippen LogP contribution < -0.4 is 16.2 Å². The van der Waals surface area contributed by atoms with Crippen molar-refractivity contribution in [2.75, 3.05) is 6.66 Å². The van der Waals surface area contributed by atoms with Gasteiger partial charge in [-0.15, -0.1) is 0 Å². The highest BCUT2D eigenvalue weighted by molar-refractivity contribution is 7.65. The molecule has 2 heterocycles. The Morgan fingerprint density at radius 3 is 2.33 bits per heavy atom. The molecule has 0 fully saturated rings. The highest BCUT2D eigenvalue weighted by atomic mass is 32.1. The highest BCUT2D eigenvalue weighted by Gasteiger charge is 2.21. The number of H-pyrrole nitrogens is 1. The van der Waals surface area contributed by atoms with E-state index in [-0.39, 0.29) is 25.0 Å². The molecule has 11 heteroatoms. The molecule has 0 radical (unpaired) electrons. The van der Waals surface area contributed by atoms with Gasteiger partial charge in [-0.1, -0.05) is 42.5 Å². The largest absolute Gasteiger partial charge is 0.341 e. The van der Waals surface area contributed by atoms with Gasteiger partial charge in [-0.2, -0.15) is 18.6 Å². The van der Waals surface area contributed by atoms with Crippen molar-refractivity contribution in [3.05, 3.63) is 106 Å². The minimum absolute atomic E-state index is 0. The molecule has 9 nitrogen and oxygen atoms in total. The summed E-state index contributed by atoms with van der Waals surface area (Å²) >= 11 is 0. The summed E-state index contributed by atoms with van der Waals surface area (Å²) in [5.74, 6) is -0.410. The molecular weight excluding hydrogens is 461 g/mol. The van der Waals surface area contributed by atoms with E-state index in [0.29, 0.717) is 10.9 Å². The van der Waals surface area contributed by atoms with Crippen LogP contribution in [0.4, 0.5) is 0 Å². The fourth-order valence-electron chi connectivity index (χ4n) is 3.21. The van der Waals surface area contributed by atoms with E-state index in [2.05, 4.69) is 20.4 Å². The molecule has 2 aromatic heterocycles. The maximum Gasteiger partial charge on any atom is 0.265 e. The molecule has 4 aromatic rings. The lowest BCUT2D eigenvalue weighted by Crippen LogP contribution is -2.34. The van der Waals surface area contributed by atoms with Crippen molar-refractivity contribution in [1.29, 1.82) is 0 Å². The van der Waals surface area contributed by atoms with Gasteiger partial charge >= 0.3 is 0 Å². The van der Waals surface area contributed by atoms with Crippen molar-refractivity contribution in [1.82, 2.24) is 25.1 Å². The van der Waals surface area contributed by atoms with Crippen LogP contribution in [0.2, 0.25) is 0 Å². The van der Waals surface area contributed by atoms with Gasteiger partial charge in [-0.3, -0.25) is 19.1 Å². The normalized spacial score (nSPS) is 13.4. The molecule has 0 aliphatic heterocycles. The van der Waals surface area contributed by atoms with Crippen LogP contribution in [-0.4, -0.2) is 37.2 Å². The Morgan fingerprint density at radius 1 is 1.09 bits per heavy atom. The molecule has 4 rings (SSSR count). The van der Waals surface area contributed by atoms with Crippen molar-refractivity contribution >= 4 is 32.1 Å². The number of carbonyl (C=O) groups is 1. The molecule has 0 saturated carbocycles. The second kappa shape index (κ2) is 9.99. The van der Waals surface area contributed by atoms with Gasteiger partial charge in [0.05, 0.1) is 6.04 Å². The molecule has 0 saturated heterocycles. The minimum Gasteiger partial charge on any atom is -0.341 e. The van der Waals surface area contributed by atoms with E-state index < -0.39 is 24.9 Å². The average molecular weight is 483 g/mol. The van der Waals surface area contributed by atoms with Crippen molar-refractivity contribution in [3.63, 3.8) is 0 Å². The summed E-state index contributed by atoms with van der Waals surface area (Å²) in [6, 6.07) is 16.8. The lowest BCUT2D eigenvalue weighted by Gasteiger charge is -2.20. The van der Waals surface area contributed by atoms with E-state index in [1.807, 2.05) is 30.3 Å². The molecule has 2 atom stereocenters. The van der Waals surface area contributed by atoms with Crippen LogP contribution in [0.25, 0.3) is 5.95 Å². The molecule has 1 amide bonds. The van der Waals surface area contributed by atoms with Gasteiger partial charge in [0.25, 0.3) is 11.5 Å². The number of benzene rings is 2. The maximum absolute atomic E-state index is 13.0. The zero-order valence-corrected chi connectivity index (χ0v) is 19.4. The maximum atomic E-state index is 13.0. The predicted octanol–water partition coefficient (Wildman–Crippen LogP) is 2.11. The Bertz CT molecular complexity index is 1340. The topological polar surface area (TPSA) is 130 Å². The summed E-state index contributed by atoms with van der Waals surface area (Å²) in [4.78, 5) is 42.0. The first kappa shape index (κ1) is 24.2. The van der Waals surface area contributed by atoms with E-state index in [1.165, 1.54) is 17.5 Å². The Kier molecular flexibility index (Phi) is 7.33. The van der Waals surface area contributed by atoms with Gasteiger partial charge in [-0.05, 0) is 29.3 Å². The number of amides is 1. The second-order valence-corrected chi connectivity index (χ2v) is 9.46. The predicted molar refractivity (Wildman–Crippen MR) is 130 cm³/mol. The van der Waals surface area contributed by atoms with Crippen molar-refractivity contribution in [3.8, 4) is 5.95 Å². The number of nitrogens with one attached hydrogen (secondary N) is 2. The van der Waals surface area contributed by atoms with Gasteiger partial charge in [0.1, 0.15) is 5.56 Å². The van der Waals surface area contributed by atoms with Crippen molar-refractivity contribution in [2.24, 2.45) is 0 Å². The van der Waals surface area contributed by atoms with Crippen LogP contribution in [0.5, 0.6) is 0 Å². The molecule has 0 aliphatic carbocycles. The monoisotopic (exact) mass is 483 g/mol. The third-order valence-corrected chi connectivity index (χ3v) is 6.12. The van der Waals surface area contributed by atoms with Crippen molar-refractivity contribution in [2.45, 2.75) is 6.04 Å². The van der Waals surface area contributed by atoms with E-state index in [1.54, 1.807) is 42.7 Å². The number of aromatic amines is 1. The van der Waals surface area contributed by atoms with E-state index in [0.717, 1.165) is 5.56 Å². The standard InChI is InChI=1S/C22H20N5O4P.H2S/c1-32(30,31)17-10-8-16(9-11-17)19(15-6-3-2-4-7-15)25-20(28)18-14-23-22(26-21(18)29)27-13-5-12-24-27;/h2-14,19H,1H3,(H,25,28)(H,30,31)(H,23,26,29);1H2/t19-;/m0./s1. The first-order valence-electron chi connectivity index (χ1n) is 9.69. The smallest absolute Gasteiger partial charge is 0.265 e. The lowest BCUT2D eigenvalue weighted by molar-refractivity contribution is 0.0941. The fraction of sp³-hybridized carbons (Fsp3) is 0.0909. The summed E-state index contributed by atoms with van der Waals surface area (Å²) in [5, 5.41) is 7.18. The molecule has 0 bridgehead atoms. The van der Waals surface area contributed by atoms with Crippen LogP contribution >= 0.6 is 20.9 Å². The second-order valence-electron chi connectivity index (χ2n) is 7.19. The Labute approximate surface area is 196 Å². The van der Waals surface area contributed by atoms with Gasteiger partial charge in [0, 0.05) is 30.6 Å². The molecule has 1 unspecified atom stereocenters. The number of carbonyl (C=O) groups excluding carboxylic acids is 1. The first-order chi connectivity index (χ1) is 15.3. The summed E-state index contributed by atoms with van der Waals surface area (Å²) in [6.45, 7) is 1.27. The number of hydrogen-bond acceptors (Lipinski definition) is 5. The molecule has 0 aliphatic rings. The molecule has 33 heavy (non-hydrogen) atoms. The van der Waals surface area contributed by atoms with Crippen LogP contribution in [-0.2, 0) is 4.57 Å². The molecule has 170 valence electrons. The summed E-state index contributed by atoms with van der Waals surface area (Å²) < 4.78 is 13.3. The number of nitrogens with zero attached hydrogens (tertiary/aromatic N) is 3. The van der Waals surface area contributed by atoms with Crippen LogP contribution in [0.15, 0.2) is 84.0 Å². The van der Waals surface area contributed by atoms with Gasteiger partial charge in [0.15, 0.2) is 0 Å². The third kappa shape index (κ3) is 5.48. The fourth-order valence-corrected chi connectivity index (χ4v) is 3.92. The van der Waals surface area contributed by atoms with Gasteiger partial charge in [0.2, 0.25) is 13.3 Å². The van der Waals surface area contributed by atoms with Crippen LogP contribution in [0.3, 0.4) is 0 Å². The lowest BCUT2D eigenvalue weighted by atomic mass is 9.98. The van der Waals surface area contributed by atoms with Crippen molar-refractivity contribution < 1.29 is 14.3 Å². The zero-order chi connectivity index (χ0) is 22.7. The Balaban J connectivity index is 0.00000306. The quantitative estimate of drug-likeness (QED) is 0.360. The number of rotatable bonds is 6. The third-order valence-electron chi connectivity index (χ3n) is 4.87. The molecule has 2 aromatic carbocycles. The van der Waals surface area contributed by atoms with Crippen LogP contribution in [0.1, 0.15) is 27.5 Å². The first-order valence-corrected chi connectivity index (χ1v) is 11.8. The van der Waals surface area contributed by atoms with Crippen LogP contribution in [0, 0.1) is 0 Å². The summed E-state index contributed by atoms with van der Waals surface area (Å²) in [5.41, 5.74) is 0.735. The molecule has 0 spiro atoms. The van der Waals surface area contributed by atoms with Gasteiger partial charge < -0.3 is 10.2 Å².